The number of ether oxygens (including phenoxy) is 2. The zero-order valence-electron chi connectivity index (χ0n) is 15.2. The lowest BCUT2D eigenvalue weighted by Gasteiger charge is -2.39. The molecule has 0 aliphatic carbocycles. The number of aliphatic hydroxyl groups is 4. The molecule has 2 aromatic carbocycles. The van der Waals surface area contributed by atoms with Crippen molar-refractivity contribution < 1.29 is 44.9 Å². The van der Waals surface area contributed by atoms with Crippen molar-refractivity contribution in [1.82, 2.24) is 0 Å². The molecule has 0 saturated carbocycles. The molecule has 6 N–H and O–H groups in total. The van der Waals surface area contributed by atoms with Gasteiger partial charge in [0.15, 0.2) is 5.78 Å². The van der Waals surface area contributed by atoms with Gasteiger partial charge in [0.2, 0.25) is 6.29 Å². The highest BCUT2D eigenvalue weighted by Crippen LogP contribution is 2.41. The van der Waals surface area contributed by atoms with E-state index in [9.17, 15) is 35.4 Å². The summed E-state index contributed by atoms with van der Waals surface area (Å²) in [4.78, 5) is 11.9. The van der Waals surface area contributed by atoms with Crippen LogP contribution in [0.4, 0.5) is 0 Å². The SMILES string of the molecule is CC(=O)c1c(C)cc2cc(O)cc(OC3OC(CO)C(O)C(O)C3O)c2c1O. The van der Waals surface area contributed by atoms with Gasteiger partial charge in [-0.1, -0.05) is 6.07 Å². The fourth-order valence-electron chi connectivity index (χ4n) is 3.43. The molecule has 152 valence electrons. The van der Waals surface area contributed by atoms with E-state index in [4.69, 9.17) is 9.47 Å². The molecule has 1 fully saturated rings. The summed E-state index contributed by atoms with van der Waals surface area (Å²) in [6, 6.07) is 4.11. The predicted octanol–water partition coefficient (Wildman–Crippen LogP) is -0.0593. The van der Waals surface area contributed by atoms with E-state index in [2.05, 4.69) is 0 Å². The number of Topliss-reactive ketones (excluding diaryl/α,β-unsaturated/α-hetero) is 1. The van der Waals surface area contributed by atoms with Crippen LogP contribution in [0.1, 0.15) is 22.8 Å². The number of hydrogen-bond donors (Lipinski definition) is 6. The number of phenolic OH excluding ortho intramolecular Hbond substituents is 2. The fraction of sp³-hybridized carbons (Fsp3) is 0.421. The van der Waals surface area contributed by atoms with Crippen molar-refractivity contribution in [2.75, 3.05) is 6.61 Å². The molecule has 0 aromatic heterocycles. The van der Waals surface area contributed by atoms with E-state index in [1.165, 1.54) is 13.0 Å². The minimum atomic E-state index is -1.67. The Hall–Kier alpha value is -2.43. The number of benzene rings is 2. The minimum absolute atomic E-state index is 0.0804. The first-order valence-corrected chi connectivity index (χ1v) is 8.63. The van der Waals surface area contributed by atoms with Crippen LogP contribution in [0.15, 0.2) is 18.2 Å². The molecule has 1 heterocycles. The summed E-state index contributed by atoms with van der Waals surface area (Å²) in [5.41, 5.74) is 0.582. The number of rotatable bonds is 4. The van der Waals surface area contributed by atoms with Crippen LogP contribution in [-0.2, 0) is 4.74 Å². The van der Waals surface area contributed by atoms with Crippen molar-refractivity contribution in [3.05, 3.63) is 29.3 Å². The van der Waals surface area contributed by atoms with Gasteiger partial charge in [-0.25, -0.2) is 0 Å². The van der Waals surface area contributed by atoms with Gasteiger partial charge in [-0.05, 0) is 30.9 Å². The number of fused-ring (bicyclic) bond motifs is 1. The van der Waals surface area contributed by atoms with Crippen molar-refractivity contribution in [3.63, 3.8) is 0 Å². The molecular weight excluding hydrogens is 372 g/mol. The van der Waals surface area contributed by atoms with Crippen LogP contribution in [0.3, 0.4) is 0 Å². The Balaban J connectivity index is 2.10. The Bertz CT molecular complexity index is 908. The zero-order valence-corrected chi connectivity index (χ0v) is 15.2. The molecule has 0 amide bonds. The highest BCUT2D eigenvalue weighted by Gasteiger charge is 2.45. The third-order valence-electron chi connectivity index (χ3n) is 4.80. The first kappa shape index (κ1) is 20.3. The van der Waals surface area contributed by atoms with Gasteiger partial charge >= 0.3 is 0 Å². The van der Waals surface area contributed by atoms with E-state index in [1.807, 2.05) is 0 Å². The lowest BCUT2D eigenvalue weighted by molar-refractivity contribution is -0.277. The largest absolute Gasteiger partial charge is 0.508 e. The van der Waals surface area contributed by atoms with Crippen LogP contribution in [0, 0.1) is 6.92 Å². The number of aryl methyl sites for hydroxylation is 1. The van der Waals surface area contributed by atoms with Crippen LogP contribution >= 0.6 is 0 Å². The van der Waals surface area contributed by atoms with E-state index in [1.54, 1.807) is 13.0 Å². The third kappa shape index (κ3) is 3.38. The summed E-state index contributed by atoms with van der Waals surface area (Å²) < 4.78 is 10.9. The quantitative estimate of drug-likeness (QED) is 0.391. The number of aromatic hydroxyl groups is 2. The van der Waals surface area contributed by atoms with E-state index >= 15 is 0 Å². The molecule has 9 heteroatoms. The monoisotopic (exact) mass is 394 g/mol. The Morgan fingerprint density at radius 1 is 1.11 bits per heavy atom. The molecule has 0 spiro atoms. The van der Waals surface area contributed by atoms with Crippen molar-refractivity contribution in [3.8, 4) is 17.2 Å². The maximum absolute atomic E-state index is 11.9. The molecule has 9 nitrogen and oxygen atoms in total. The molecule has 1 saturated heterocycles. The summed E-state index contributed by atoms with van der Waals surface area (Å²) in [5, 5.41) is 60.3. The Kier molecular flexibility index (Phi) is 5.46. The summed E-state index contributed by atoms with van der Waals surface area (Å²) in [7, 11) is 0. The zero-order chi connectivity index (χ0) is 20.7. The number of phenols is 2. The summed E-state index contributed by atoms with van der Waals surface area (Å²) in [6.45, 7) is 2.30. The first-order valence-electron chi connectivity index (χ1n) is 8.63. The highest BCUT2D eigenvalue weighted by molar-refractivity contribution is 6.07. The van der Waals surface area contributed by atoms with Gasteiger partial charge in [-0.15, -0.1) is 0 Å². The van der Waals surface area contributed by atoms with Crippen molar-refractivity contribution in [2.24, 2.45) is 0 Å². The number of hydrogen-bond acceptors (Lipinski definition) is 9. The smallest absolute Gasteiger partial charge is 0.229 e. The average molecular weight is 394 g/mol. The van der Waals surface area contributed by atoms with Gasteiger partial charge in [0.1, 0.15) is 41.7 Å². The Labute approximate surface area is 160 Å². The van der Waals surface area contributed by atoms with Crippen LogP contribution in [0.25, 0.3) is 10.8 Å². The summed E-state index contributed by atoms with van der Waals surface area (Å²) in [5.74, 6) is -1.05. The number of carbonyl (C=O) groups excluding carboxylic acids is 1. The van der Waals surface area contributed by atoms with E-state index in [0.29, 0.717) is 10.9 Å². The number of aliphatic hydroxyl groups excluding tert-OH is 4. The minimum Gasteiger partial charge on any atom is -0.508 e. The first-order chi connectivity index (χ1) is 13.1. The lowest BCUT2D eigenvalue weighted by Crippen LogP contribution is -2.60. The van der Waals surface area contributed by atoms with Gasteiger partial charge in [0.05, 0.1) is 17.6 Å². The Morgan fingerprint density at radius 3 is 2.39 bits per heavy atom. The molecule has 1 aliphatic heterocycles. The van der Waals surface area contributed by atoms with Gasteiger partial charge in [0.25, 0.3) is 0 Å². The number of ketones is 1. The second-order valence-corrected chi connectivity index (χ2v) is 6.83. The van der Waals surface area contributed by atoms with Crippen molar-refractivity contribution >= 4 is 16.6 Å². The molecule has 5 atom stereocenters. The molecular formula is C19H22O9. The molecule has 0 bridgehead atoms. The van der Waals surface area contributed by atoms with E-state index < -0.39 is 37.3 Å². The van der Waals surface area contributed by atoms with Crippen LogP contribution in [-0.4, -0.2) is 73.7 Å². The maximum Gasteiger partial charge on any atom is 0.229 e. The predicted molar refractivity (Wildman–Crippen MR) is 96.4 cm³/mol. The van der Waals surface area contributed by atoms with Crippen LogP contribution in [0.5, 0.6) is 17.2 Å². The van der Waals surface area contributed by atoms with Gasteiger partial charge in [0, 0.05) is 6.07 Å². The van der Waals surface area contributed by atoms with Gasteiger partial charge in [-0.3, -0.25) is 4.79 Å². The second-order valence-electron chi connectivity index (χ2n) is 6.83. The topological polar surface area (TPSA) is 157 Å². The molecule has 1 aliphatic rings. The molecule has 0 radical (unpaired) electrons. The van der Waals surface area contributed by atoms with Crippen LogP contribution < -0.4 is 4.74 Å². The third-order valence-corrected chi connectivity index (χ3v) is 4.80. The number of carbonyl (C=O) groups is 1. The average Bonchev–Trinajstić information content (AvgIpc) is 2.61. The molecule has 28 heavy (non-hydrogen) atoms. The van der Waals surface area contributed by atoms with Crippen molar-refractivity contribution in [2.45, 2.75) is 44.6 Å². The maximum atomic E-state index is 11.9. The van der Waals surface area contributed by atoms with Gasteiger partial charge in [-0.2, -0.15) is 0 Å². The Morgan fingerprint density at radius 2 is 1.79 bits per heavy atom. The lowest BCUT2D eigenvalue weighted by atomic mass is 9.97. The molecule has 2 aromatic rings. The van der Waals surface area contributed by atoms with Gasteiger partial charge < -0.3 is 40.1 Å². The van der Waals surface area contributed by atoms with Crippen LogP contribution in [0.2, 0.25) is 0 Å². The normalized spacial score (nSPS) is 27.7. The fourth-order valence-corrected chi connectivity index (χ4v) is 3.43. The van der Waals surface area contributed by atoms with Crippen molar-refractivity contribution in [1.29, 1.82) is 0 Å². The van der Waals surface area contributed by atoms with E-state index in [-0.39, 0.29) is 34.0 Å². The standard InChI is InChI=1S/C19H22O9/c1-7-3-9-4-10(22)5-11(14(9)16(24)13(7)8(2)21)27-19-18(26)17(25)15(23)12(6-20)28-19/h3-5,12,15,17-20,22-26H,6H2,1-2H3. The molecule has 5 unspecified atom stereocenters. The highest BCUT2D eigenvalue weighted by atomic mass is 16.7. The summed E-state index contributed by atoms with van der Waals surface area (Å²) >= 11 is 0. The second kappa shape index (κ2) is 7.53. The van der Waals surface area contributed by atoms with E-state index in [0.717, 1.165) is 6.07 Å². The molecule has 3 rings (SSSR count). The summed E-state index contributed by atoms with van der Waals surface area (Å²) in [6.07, 6.45) is -7.57.